The van der Waals surface area contributed by atoms with Gasteiger partial charge in [-0.1, -0.05) is 34.6 Å². The summed E-state index contributed by atoms with van der Waals surface area (Å²) in [6.45, 7) is 8.48. The van der Waals surface area contributed by atoms with Crippen LogP contribution in [-0.4, -0.2) is 24.9 Å². The van der Waals surface area contributed by atoms with Crippen molar-refractivity contribution in [2.45, 2.75) is 72.8 Å². The standard InChI is InChI=1S/C27H38F2N2O2S/c1-16-10-20(27(3,4)5)12-18(15-32)11-19(16)9-17(2)24-14-31-25(34-24)22-13-21(30-6)7-8-23(22)33-26(28)29/h7-8,13-20,26,30H,9-12H2,1-6H3/t16?,17?,18-,19?,20-/m0/s1. The molecule has 1 N–H and O–H groups in total. The molecule has 1 heterocycles. The summed E-state index contributed by atoms with van der Waals surface area (Å²) in [5.74, 6) is 2.06. The molecule has 5 atom stereocenters. The number of alkyl halides is 2. The van der Waals surface area contributed by atoms with E-state index in [0.717, 1.165) is 36.2 Å². The highest BCUT2D eigenvalue weighted by atomic mass is 32.1. The molecule has 1 aromatic carbocycles. The van der Waals surface area contributed by atoms with Crippen molar-refractivity contribution >= 4 is 23.3 Å². The lowest BCUT2D eigenvalue weighted by molar-refractivity contribution is -0.112. The number of nitrogens with zero attached hydrogens (tertiary/aromatic N) is 1. The summed E-state index contributed by atoms with van der Waals surface area (Å²) >= 11 is 1.53. The average molecular weight is 493 g/mol. The summed E-state index contributed by atoms with van der Waals surface area (Å²) in [5.41, 5.74) is 1.57. The monoisotopic (exact) mass is 492 g/mol. The number of aldehydes is 1. The van der Waals surface area contributed by atoms with E-state index in [9.17, 15) is 13.6 Å². The van der Waals surface area contributed by atoms with Gasteiger partial charge in [-0.3, -0.25) is 0 Å². The summed E-state index contributed by atoms with van der Waals surface area (Å²) in [7, 11) is 1.78. The maximum atomic E-state index is 12.9. The molecule has 1 aliphatic rings. The van der Waals surface area contributed by atoms with Gasteiger partial charge >= 0.3 is 6.61 Å². The summed E-state index contributed by atoms with van der Waals surface area (Å²) in [6, 6.07) is 5.05. The normalized spacial score (nSPS) is 24.5. The second-order valence-electron chi connectivity index (χ2n) is 10.9. The van der Waals surface area contributed by atoms with Gasteiger partial charge in [-0.2, -0.15) is 8.78 Å². The van der Waals surface area contributed by atoms with Gasteiger partial charge in [-0.05, 0) is 73.0 Å². The number of ether oxygens (including phenoxy) is 1. The van der Waals surface area contributed by atoms with E-state index < -0.39 is 6.61 Å². The third-order valence-corrected chi connectivity index (χ3v) is 8.71. The fourth-order valence-corrected chi connectivity index (χ4v) is 6.23. The highest BCUT2D eigenvalue weighted by molar-refractivity contribution is 7.15. The molecular formula is C27H38F2N2O2S. The molecule has 3 rings (SSSR count). The van der Waals surface area contributed by atoms with Crippen molar-refractivity contribution in [1.82, 2.24) is 4.98 Å². The van der Waals surface area contributed by atoms with E-state index in [0.29, 0.717) is 28.3 Å². The van der Waals surface area contributed by atoms with Crippen LogP contribution in [0, 0.1) is 29.1 Å². The summed E-state index contributed by atoms with van der Waals surface area (Å²) in [4.78, 5) is 17.5. The Morgan fingerprint density at radius 2 is 2.00 bits per heavy atom. The van der Waals surface area contributed by atoms with Crippen molar-refractivity contribution in [3.05, 3.63) is 29.3 Å². The van der Waals surface area contributed by atoms with E-state index in [-0.39, 0.29) is 23.0 Å². The zero-order valence-corrected chi connectivity index (χ0v) is 21.9. The largest absolute Gasteiger partial charge is 0.434 e. The molecule has 0 amide bonds. The van der Waals surface area contributed by atoms with Crippen LogP contribution >= 0.6 is 11.3 Å². The number of aromatic nitrogens is 1. The lowest BCUT2D eigenvalue weighted by Crippen LogP contribution is -2.23. The van der Waals surface area contributed by atoms with E-state index in [1.54, 1.807) is 25.2 Å². The van der Waals surface area contributed by atoms with E-state index in [4.69, 9.17) is 4.74 Å². The Morgan fingerprint density at radius 1 is 1.26 bits per heavy atom. The predicted octanol–water partition coefficient (Wildman–Crippen LogP) is 7.86. The molecule has 1 saturated carbocycles. The maximum absolute atomic E-state index is 12.9. The minimum absolute atomic E-state index is 0.113. The molecule has 0 radical (unpaired) electrons. The molecule has 3 unspecified atom stereocenters. The Bertz CT molecular complexity index is 956. The number of halogens is 2. The fraction of sp³-hybridized carbons (Fsp3) is 0.630. The zero-order chi connectivity index (χ0) is 25.0. The minimum atomic E-state index is -2.89. The Balaban J connectivity index is 1.79. The molecule has 4 nitrogen and oxygen atoms in total. The van der Waals surface area contributed by atoms with Gasteiger partial charge < -0.3 is 14.8 Å². The van der Waals surface area contributed by atoms with Crippen molar-refractivity contribution in [3.63, 3.8) is 0 Å². The van der Waals surface area contributed by atoms with Crippen LogP contribution in [0.5, 0.6) is 5.75 Å². The molecule has 1 aromatic heterocycles. The van der Waals surface area contributed by atoms with Crippen molar-refractivity contribution in [2.75, 3.05) is 12.4 Å². The first-order valence-corrected chi connectivity index (χ1v) is 13.0. The third-order valence-electron chi connectivity index (χ3n) is 7.45. The topological polar surface area (TPSA) is 51.2 Å². The molecule has 0 aliphatic heterocycles. The van der Waals surface area contributed by atoms with Crippen LogP contribution in [0.25, 0.3) is 10.6 Å². The van der Waals surface area contributed by atoms with Gasteiger partial charge in [0, 0.05) is 29.7 Å². The van der Waals surface area contributed by atoms with Crippen molar-refractivity contribution < 1.29 is 18.3 Å². The molecule has 0 saturated heterocycles. The molecule has 1 fully saturated rings. The number of anilines is 1. The maximum Gasteiger partial charge on any atom is 0.387 e. The summed E-state index contributed by atoms with van der Waals surface area (Å²) < 4.78 is 30.6. The molecule has 7 heteroatoms. The van der Waals surface area contributed by atoms with Crippen LogP contribution in [0.4, 0.5) is 14.5 Å². The highest BCUT2D eigenvalue weighted by Crippen LogP contribution is 2.46. The highest BCUT2D eigenvalue weighted by Gasteiger charge is 2.36. The number of carbonyl (C=O) groups excluding carboxylic acids is 1. The molecular weight excluding hydrogens is 454 g/mol. The number of carbonyl (C=O) groups is 1. The molecule has 188 valence electrons. The summed E-state index contributed by atoms with van der Waals surface area (Å²) in [6.07, 6.45) is 7.06. The molecule has 34 heavy (non-hydrogen) atoms. The second kappa shape index (κ2) is 11.1. The van der Waals surface area contributed by atoms with Gasteiger partial charge in [0.1, 0.15) is 17.0 Å². The number of hydrogen-bond acceptors (Lipinski definition) is 5. The van der Waals surface area contributed by atoms with Crippen molar-refractivity contribution in [3.8, 4) is 16.3 Å². The number of nitrogens with one attached hydrogen (secondary N) is 1. The van der Waals surface area contributed by atoms with Crippen LogP contribution < -0.4 is 10.1 Å². The van der Waals surface area contributed by atoms with Crippen molar-refractivity contribution in [2.24, 2.45) is 29.1 Å². The van der Waals surface area contributed by atoms with Crippen molar-refractivity contribution in [1.29, 1.82) is 0 Å². The first kappa shape index (κ1) is 26.6. The van der Waals surface area contributed by atoms with Crippen LogP contribution in [0.2, 0.25) is 0 Å². The SMILES string of the molecule is CNc1ccc(OC(F)F)c(-c2ncc(C(C)CC3C[C@H](C=O)C[C@@H](C(C)(C)C)CC3C)s2)c1. The van der Waals surface area contributed by atoms with Gasteiger partial charge in [0.05, 0.1) is 5.56 Å². The van der Waals surface area contributed by atoms with Crippen LogP contribution in [-0.2, 0) is 4.79 Å². The number of benzene rings is 1. The van der Waals surface area contributed by atoms with E-state index in [2.05, 4.69) is 44.9 Å². The predicted molar refractivity (Wildman–Crippen MR) is 136 cm³/mol. The number of rotatable bonds is 8. The molecule has 2 aromatic rings. The molecule has 0 bridgehead atoms. The zero-order valence-electron chi connectivity index (χ0n) is 21.1. The average Bonchev–Trinajstić information content (AvgIpc) is 3.20. The Hall–Kier alpha value is -2.02. The Morgan fingerprint density at radius 3 is 2.62 bits per heavy atom. The lowest BCUT2D eigenvalue weighted by atomic mass is 9.73. The second-order valence-corrected chi connectivity index (χ2v) is 12.0. The van der Waals surface area contributed by atoms with E-state index in [1.165, 1.54) is 17.6 Å². The fourth-order valence-electron chi connectivity index (χ4n) is 5.23. The number of thiazole rings is 1. The van der Waals surface area contributed by atoms with Crippen LogP contribution in [0.3, 0.4) is 0 Å². The lowest BCUT2D eigenvalue weighted by Gasteiger charge is -2.32. The van der Waals surface area contributed by atoms with Gasteiger partial charge in [0.15, 0.2) is 0 Å². The first-order valence-electron chi connectivity index (χ1n) is 12.2. The summed E-state index contributed by atoms with van der Waals surface area (Å²) in [5, 5.41) is 3.71. The van der Waals surface area contributed by atoms with Gasteiger partial charge in [0.2, 0.25) is 0 Å². The quantitative estimate of drug-likeness (QED) is 0.301. The Labute approximate surface area is 206 Å². The smallest absolute Gasteiger partial charge is 0.387 e. The van der Waals surface area contributed by atoms with Gasteiger partial charge in [0.25, 0.3) is 0 Å². The van der Waals surface area contributed by atoms with Crippen LogP contribution in [0.1, 0.15) is 71.1 Å². The first-order chi connectivity index (χ1) is 16.0. The van der Waals surface area contributed by atoms with E-state index in [1.807, 2.05) is 6.20 Å². The Kier molecular flexibility index (Phi) is 8.72. The van der Waals surface area contributed by atoms with Gasteiger partial charge in [-0.25, -0.2) is 4.98 Å². The minimum Gasteiger partial charge on any atom is -0.434 e. The number of hydrogen-bond donors (Lipinski definition) is 1. The van der Waals surface area contributed by atoms with Gasteiger partial charge in [-0.15, -0.1) is 11.3 Å². The van der Waals surface area contributed by atoms with E-state index >= 15 is 0 Å². The molecule has 1 aliphatic carbocycles. The van der Waals surface area contributed by atoms with Crippen LogP contribution in [0.15, 0.2) is 24.4 Å². The third kappa shape index (κ3) is 6.55. The molecule has 0 spiro atoms.